The van der Waals surface area contributed by atoms with Crippen molar-refractivity contribution in [2.24, 2.45) is 0 Å². The molecule has 3 rings (SSSR count). The smallest absolute Gasteiger partial charge is 0.256 e. The van der Waals surface area contributed by atoms with Gasteiger partial charge in [0, 0.05) is 18.4 Å². The Morgan fingerprint density at radius 3 is 2.54 bits per heavy atom. The van der Waals surface area contributed by atoms with Crippen LogP contribution in [0.1, 0.15) is 30.6 Å². The summed E-state index contributed by atoms with van der Waals surface area (Å²) in [7, 11) is 0. The maximum Gasteiger partial charge on any atom is 0.256 e. The Balaban J connectivity index is 2.08. The SMILES string of the molecule is CC[C@@H](C)NC(=O)c1cnn(-c2ccc(F)cc2)c1-n1cccc1. The standard InChI is InChI=1S/C18H19FN4O/c1-3-13(2)21-17(24)16-12-20-23(15-8-6-14(19)7-9-15)18(16)22-10-4-5-11-22/h4-13H,3H2,1-2H3,(H,21,24)/t13-/m1/s1. The van der Waals surface area contributed by atoms with E-state index in [2.05, 4.69) is 10.4 Å². The topological polar surface area (TPSA) is 51.9 Å². The number of nitrogens with one attached hydrogen (secondary N) is 1. The summed E-state index contributed by atoms with van der Waals surface area (Å²) in [5.74, 6) is 0.122. The Labute approximate surface area is 139 Å². The Hall–Kier alpha value is -2.89. The monoisotopic (exact) mass is 326 g/mol. The molecule has 0 bridgehead atoms. The highest BCUT2D eigenvalue weighted by atomic mass is 19.1. The number of halogens is 1. The fraction of sp³-hybridized carbons (Fsp3) is 0.222. The van der Waals surface area contributed by atoms with E-state index in [1.165, 1.54) is 18.3 Å². The summed E-state index contributed by atoms with van der Waals surface area (Å²) < 4.78 is 16.6. The lowest BCUT2D eigenvalue weighted by Gasteiger charge is -2.13. The highest BCUT2D eigenvalue weighted by molar-refractivity contribution is 5.97. The minimum absolute atomic E-state index is 0.0733. The molecule has 0 radical (unpaired) electrons. The van der Waals surface area contributed by atoms with Gasteiger partial charge < -0.3 is 9.88 Å². The summed E-state index contributed by atoms with van der Waals surface area (Å²) in [6, 6.07) is 9.82. The van der Waals surface area contributed by atoms with Crippen molar-refractivity contribution >= 4 is 5.91 Å². The van der Waals surface area contributed by atoms with E-state index < -0.39 is 0 Å². The number of carbonyl (C=O) groups excluding carboxylic acids is 1. The van der Waals surface area contributed by atoms with Crippen molar-refractivity contribution < 1.29 is 9.18 Å². The van der Waals surface area contributed by atoms with Gasteiger partial charge in [-0.05, 0) is 49.7 Å². The predicted molar refractivity (Wildman–Crippen MR) is 90.1 cm³/mol. The molecule has 1 amide bonds. The van der Waals surface area contributed by atoms with Gasteiger partial charge in [0.2, 0.25) is 0 Å². The van der Waals surface area contributed by atoms with Crippen molar-refractivity contribution in [3.05, 3.63) is 66.4 Å². The molecule has 2 aromatic heterocycles. The zero-order chi connectivity index (χ0) is 17.1. The van der Waals surface area contributed by atoms with Gasteiger partial charge in [0.15, 0.2) is 5.82 Å². The highest BCUT2D eigenvalue weighted by Gasteiger charge is 2.20. The van der Waals surface area contributed by atoms with Crippen LogP contribution in [0.15, 0.2) is 55.0 Å². The third-order valence-corrected chi connectivity index (χ3v) is 3.90. The molecule has 5 nitrogen and oxygen atoms in total. The second-order valence-corrected chi connectivity index (χ2v) is 5.64. The van der Waals surface area contributed by atoms with Crippen molar-refractivity contribution in [3.63, 3.8) is 0 Å². The molecule has 0 aliphatic carbocycles. The summed E-state index contributed by atoms with van der Waals surface area (Å²) >= 11 is 0. The second-order valence-electron chi connectivity index (χ2n) is 5.64. The fourth-order valence-electron chi connectivity index (χ4n) is 2.40. The van der Waals surface area contributed by atoms with E-state index >= 15 is 0 Å². The first kappa shape index (κ1) is 16.0. The zero-order valence-electron chi connectivity index (χ0n) is 13.6. The summed E-state index contributed by atoms with van der Waals surface area (Å²) in [6.45, 7) is 3.97. The van der Waals surface area contributed by atoms with E-state index in [0.717, 1.165) is 6.42 Å². The summed E-state index contributed by atoms with van der Waals surface area (Å²) in [6.07, 6.45) is 6.07. The van der Waals surface area contributed by atoms with Crippen LogP contribution in [0.5, 0.6) is 0 Å². The van der Waals surface area contributed by atoms with E-state index in [0.29, 0.717) is 17.1 Å². The van der Waals surface area contributed by atoms with Crippen LogP contribution >= 0.6 is 0 Å². The number of hydrogen-bond donors (Lipinski definition) is 1. The van der Waals surface area contributed by atoms with Gasteiger partial charge in [0.05, 0.1) is 11.9 Å². The van der Waals surface area contributed by atoms with E-state index in [4.69, 9.17) is 0 Å². The molecule has 0 aliphatic rings. The first-order valence-corrected chi connectivity index (χ1v) is 7.88. The van der Waals surface area contributed by atoms with E-state index in [1.54, 1.807) is 16.8 Å². The van der Waals surface area contributed by atoms with Gasteiger partial charge in [0.1, 0.15) is 11.4 Å². The van der Waals surface area contributed by atoms with E-state index in [-0.39, 0.29) is 17.8 Å². The van der Waals surface area contributed by atoms with Gasteiger partial charge >= 0.3 is 0 Å². The zero-order valence-corrected chi connectivity index (χ0v) is 13.6. The van der Waals surface area contributed by atoms with Crippen LogP contribution in [0.4, 0.5) is 4.39 Å². The quantitative estimate of drug-likeness (QED) is 0.782. The molecule has 0 unspecified atom stereocenters. The van der Waals surface area contributed by atoms with Crippen molar-refractivity contribution in [3.8, 4) is 11.5 Å². The molecule has 1 aromatic carbocycles. The molecule has 24 heavy (non-hydrogen) atoms. The first-order chi connectivity index (χ1) is 11.6. The number of amides is 1. The average molecular weight is 326 g/mol. The van der Waals surface area contributed by atoms with Gasteiger partial charge in [-0.15, -0.1) is 0 Å². The van der Waals surface area contributed by atoms with Crippen LogP contribution < -0.4 is 5.32 Å². The number of rotatable bonds is 5. The summed E-state index contributed by atoms with van der Waals surface area (Å²) in [5, 5.41) is 7.30. The number of aromatic nitrogens is 3. The van der Waals surface area contributed by atoms with Gasteiger partial charge in [-0.1, -0.05) is 6.92 Å². The number of carbonyl (C=O) groups is 1. The Kier molecular flexibility index (Phi) is 4.46. The number of benzene rings is 1. The molecular weight excluding hydrogens is 307 g/mol. The molecule has 0 saturated carbocycles. The Bertz CT molecular complexity index is 821. The highest BCUT2D eigenvalue weighted by Crippen LogP contribution is 2.20. The third kappa shape index (κ3) is 3.08. The van der Waals surface area contributed by atoms with Crippen molar-refractivity contribution in [1.82, 2.24) is 19.7 Å². The maximum absolute atomic E-state index is 13.2. The average Bonchev–Trinajstić information content (AvgIpc) is 3.24. The minimum atomic E-state index is -0.317. The van der Waals surface area contributed by atoms with E-state index in [1.807, 2.05) is 42.9 Å². The van der Waals surface area contributed by atoms with Gasteiger partial charge in [-0.2, -0.15) is 5.10 Å². The van der Waals surface area contributed by atoms with Crippen LogP contribution in [0.2, 0.25) is 0 Å². The molecule has 0 spiro atoms. The molecule has 3 aromatic rings. The fourth-order valence-corrected chi connectivity index (χ4v) is 2.40. The minimum Gasteiger partial charge on any atom is -0.349 e. The molecule has 0 fully saturated rings. The lowest BCUT2D eigenvalue weighted by Crippen LogP contribution is -2.32. The second kappa shape index (κ2) is 6.70. The van der Waals surface area contributed by atoms with Crippen LogP contribution in [-0.2, 0) is 0 Å². The molecule has 1 N–H and O–H groups in total. The number of nitrogens with zero attached hydrogens (tertiary/aromatic N) is 3. The first-order valence-electron chi connectivity index (χ1n) is 7.88. The third-order valence-electron chi connectivity index (χ3n) is 3.90. The predicted octanol–water partition coefficient (Wildman–Crippen LogP) is 3.33. The Morgan fingerprint density at radius 2 is 1.92 bits per heavy atom. The van der Waals surface area contributed by atoms with Crippen LogP contribution in [0.25, 0.3) is 11.5 Å². The van der Waals surface area contributed by atoms with Crippen LogP contribution in [0.3, 0.4) is 0 Å². The van der Waals surface area contributed by atoms with Gasteiger partial charge in [0.25, 0.3) is 5.91 Å². The normalized spacial score (nSPS) is 12.1. The van der Waals surface area contributed by atoms with Crippen LogP contribution in [0, 0.1) is 5.82 Å². The van der Waals surface area contributed by atoms with Crippen LogP contribution in [-0.4, -0.2) is 26.3 Å². The molecule has 6 heteroatoms. The summed E-state index contributed by atoms with van der Waals surface area (Å²) in [5.41, 5.74) is 1.15. The van der Waals surface area contributed by atoms with E-state index in [9.17, 15) is 9.18 Å². The molecule has 0 aliphatic heterocycles. The van der Waals surface area contributed by atoms with Crippen molar-refractivity contribution in [1.29, 1.82) is 0 Å². The molecule has 0 saturated heterocycles. The largest absolute Gasteiger partial charge is 0.349 e. The Morgan fingerprint density at radius 1 is 1.25 bits per heavy atom. The number of hydrogen-bond acceptors (Lipinski definition) is 2. The van der Waals surface area contributed by atoms with Gasteiger partial charge in [-0.25, -0.2) is 9.07 Å². The maximum atomic E-state index is 13.2. The lowest BCUT2D eigenvalue weighted by atomic mass is 10.2. The van der Waals surface area contributed by atoms with Crippen molar-refractivity contribution in [2.45, 2.75) is 26.3 Å². The van der Waals surface area contributed by atoms with Crippen molar-refractivity contribution in [2.75, 3.05) is 0 Å². The molecular formula is C18H19FN4O. The lowest BCUT2D eigenvalue weighted by molar-refractivity contribution is 0.0939. The molecule has 2 heterocycles. The molecule has 124 valence electrons. The molecule has 1 atom stereocenters. The summed E-state index contributed by atoms with van der Waals surface area (Å²) in [4.78, 5) is 12.6. The van der Waals surface area contributed by atoms with Gasteiger partial charge in [-0.3, -0.25) is 4.79 Å².